The molecule has 0 bridgehead atoms. The maximum Gasteiger partial charge on any atom is 0.234 e. The molecular weight excluding hydrogens is 341 g/mol. The van der Waals surface area contributed by atoms with Crippen molar-refractivity contribution in [1.29, 1.82) is 0 Å². The van der Waals surface area contributed by atoms with Crippen LogP contribution >= 0.6 is 46.6 Å². The van der Waals surface area contributed by atoms with E-state index in [0.29, 0.717) is 20.8 Å². The Bertz CT molecular complexity index is 622. The standard InChI is InChI=1S/C12H10Cl3N3OS/c1-18-3-2-16-12(18)20-6-10(19)17-11-8(14)4-7(13)5-9(11)15/h2-5H,6H2,1H3,(H,17,19). The van der Waals surface area contributed by atoms with Crippen LogP contribution in [0.4, 0.5) is 5.69 Å². The summed E-state index contributed by atoms with van der Waals surface area (Å²) in [5.41, 5.74) is 0.364. The highest BCUT2D eigenvalue weighted by atomic mass is 35.5. The Balaban J connectivity index is 2.00. The topological polar surface area (TPSA) is 46.9 Å². The summed E-state index contributed by atoms with van der Waals surface area (Å²) in [5, 5.41) is 4.45. The first-order valence-electron chi connectivity index (χ1n) is 5.52. The Kier molecular flexibility index (Phi) is 5.21. The van der Waals surface area contributed by atoms with Crippen LogP contribution in [0.5, 0.6) is 0 Å². The van der Waals surface area contributed by atoms with Crippen molar-refractivity contribution in [3.63, 3.8) is 0 Å². The molecule has 0 unspecified atom stereocenters. The smallest absolute Gasteiger partial charge is 0.234 e. The fourth-order valence-corrected chi connectivity index (χ4v) is 3.10. The Labute approximate surface area is 135 Å². The Morgan fingerprint density at radius 2 is 2.00 bits per heavy atom. The molecule has 4 nitrogen and oxygen atoms in total. The van der Waals surface area contributed by atoms with Gasteiger partial charge in [0.15, 0.2) is 5.16 Å². The fourth-order valence-electron chi connectivity index (χ4n) is 1.46. The molecule has 8 heteroatoms. The van der Waals surface area contributed by atoms with Gasteiger partial charge in [-0.05, 0) is 12.1 Å². The zero-order valence-corrected chi connectivity index (χ0v) is 13.4. The van der Waals surface area contributed by atoms with Gasteiger partial charge in [-0.3, -0.25) is 4.79 Å². The molecule has 0 saturated heterocycles. The molecule has 1 aromatic carbocycles. The largest absolute Gasteiger partial charge is 0.329 e. The van der Waals surface area contributed by atoms with Gasteiger partial charge in [0.05, 0.1) is 21.5 Å². The number of imidazole rings is 1. The van der Waals surface area contributed by atoms with E-state index >= 15 is 0 Å². The van der Waals surface area contributed by atoms with E-state index in [1.54, 1.807) is 6.20 Å². The molecule has 0 saturated carbocycles. The number of carbonyl (C=O) groups excluding carboxylic acids is 1. The van der Waals surface area contributed by atoms with E-state index < -0.39 is 0 Å². The fraction of sp³-hybridized carbons (Fsp3) is 0.167. The van der Waals surface area contributed by atoms with Crippen LogP contribution < -0.4 is 5.32 Å². The maximum atomic E-state index is 11.9. The summed E-state index contributed by atoms with van der Waals surface area (Å²) in [6.45, 7) is 0. The summed E-state index contributed by atoms with van der Waals surface area (Å²) >= 11 is 19.1. The third kappa shape index (κ3) is 3.82. The molecule has 1 heterocycles. The van der Waals surface area contributed by atoms with Gasteiger partial charge in [0, 0.05) is 24.5 Å². The average molecular weight is 351 g/mol. The van der Waals surface area contributed by atoms with E-state index in [-0.39, 0.29) is 11.7 Å². The second kappa shape index (κ2) is 6.72. The second-order valence-corrected chi connectivity index (χ2v) is 6.10. The lowest BCUT2D eigenvalue weighted by atomic mass is 10.3. The first-order chi connectivity index (χ1) is 9.47. The third-order valence-corrected chi connectivity index (χ3v) is 4.25. The first-order valence-corrected chi connectivity index (χ1v) is 7.64. The molecule has 2 aromatic rings. The number of nitrogens with zero attached hydrogens (tertiary/aromatic N) is 2. The van der Waals surface area contributed by atoms with Crippen LogP contribution in [-0.2, 0) is 11.8 Å². The molecule has 0 radical (unpaired) electrons. The van der Waals surface area contributed by atoms with Crippen LogP contribution in [-0.4, -0.2) is 21.2 Å². The molecular formula is C12H10Cl3N3OS. The number of aryl methyl sites for hydroxylation is 1. The van der Waals surface area contributed by atoms with E-state index in [1.165, 1.54) is 23.9 Å². The van der Waals surface area contributed by atoms with Crippen LogP contribution in [0.1, 0.15) is 0 Å². The lowest BCUT2D eigenvalue weighted by Crippen LogP contribution is -2.15. The summed E-state index contributed by atoms with van der Waals surface area (Å²) in [5.74, 6) is -0.00994. The van der Waals surface area contributed by atoms with Crippen LogP contribution in [0.3, 0.4) is 0 Å². The highest BCUT2D eigenvalue weighted by Gasteiger charge is 2.12. The van der Waals surface area contributed by atoms with Crippen molar-refractivity contribution in [2.24, 2.45) is 7.05 Å². The highest BCUT2D eigenvalue weighted by molar-refractivity contribution is 7.99. The van der Waals surface area contributed by atoms with E-state index in [1.807, 2.05) is 17.8 Å². The number of aromatic nitrogens is 2. The minimum atomic E-state index is -0.218. The molecule has 0 fully saturated rings. The number of rotatable bonds is 4. The number of thioether (sulfide) groups is 1. The number of anilines is 1. The lowest BCUT2D eigenvalue weighted by Gasteiger charge is -2.09. The third-order valence-electron chi connectivity index (χ3n) is 2.38. The van der Waals surface area contributed by atoms with E-state index in [0.717, 1.165) is 5.16 Å². The molecule has 106 valence electrons. The number of halogens is 3. The number of benzene rings is 1. The van der Waals surface area contributed by atoms with Crippen molar-refractivity contribution in [1.82, 2.24) is 9.55 Å². The predicted molar refractivity (Wildman–Crippen MR) is 84.0 cm³/mol. The summed E-state index contributed by atoms with van der Waals surface area (Å²) < 4.78 is 1.83. The molecule has 0 aliphatic rings. The molecule has 1 amide bonds. The minimum Gasteiger partial charge on any atom is -0.329 e. The molecule has 0 spiro atoms. The normalized spacial score (nSPS) is 10.6. The second-order valence-electron chi connectivity index (χ2n) is 3.90. The van der Waals surface area contributed by atoms with Gasteiger partial charge in [-0.2, -0.15) is 0 Å². The zero-order valence-electron chi connectivity index (χ0n) is 10.4. The van der Waals surface area contributed by atoms with Gasteiger partial charge in [0.25, 0.3) is 0 Å². The van der Waals surface area contributed by atoms with Crippen LogP contribution in [0.2, 0.25) is 15.1 Å². The Morgan fingerprint density at radius 3 is 2.55 bits per heavy atom. The van der Waals surface area contributed by atoms with Gasteiger partial charge in [0.1, 0.15) is 0 Å². The molecule has 0 atom stereocenters. The summed E-state index contributed by atoms with van der Waals surface area (Å²) in [4.78, 5) is 16.0. The van der Waals surface area contributed by atoms with Gasteiger partial charge >= 0.3 is 0 Å². The Morgan fingerprint density at radius 1 is 1.35 bits per heavy atom. The summed E-state index contributed by atoms with van der Waals surface area (Å²) in [6, 6.07) is 3.05. The highest BCUT2D eigenvalue weighted by Crippen LogP contribution is 2.33. The van der Waals surface area contributed by atoms with Gasteiger partial charge in [-0.1, -0.05) is 46.6 Å². The maximum absolute atomic E-state index is 11.9. The number of carbonyl (C=O) groups is 1. The zero-order chi connectivity index (χ0) is 14.7. The van der Waals surface area contributed by atoms with Crippen molar-refractivity contribution < 1.29 is 4.79 Å². The van der Waals surface area contributed by atoms with E-state index in [9.17, 15) is 4.79 Å². The SMILES string of the molecule is Cn1ccnc1SCC(=O)Nc1c(Cl)cc(Cl)cc1Cl. The van der Waals surface area contributed by atoms with Gasteiger partial charge in [-0.25, -0.2) is 4.98 Å². The van der Waals surface area contributed by atoms with Crippen LogP contribution in [0, 0.1) is 0 Å². The molecule has 1 N–H and O–H groups in total. The molecule has 0 aliphatic carbocycles. The van der Waals surface area contributed by atoms with Gasteiger partial charge < -0.3 is 9.88 Å². The first kappa shape index (κ1) is 15.5. The van der Waals surface area contributed by atoms with Crippen molar-refractivity contribution >= 4 is 58.2 Å². The van der Waals surface area contributed by atoms with Crippen molar-refractivity contribution in [3.05, 3.63) is 39.6 Å². The molecule has 1 aromatic heterocycles. The summed E-state index contributed by atoms with van der Waals surface area (Å²) in [7, 11) is 1.86. The number of hydrogen-bond acceptors (Lipinski definition) is 3. The molecule has 0 aliphatic heterocycles. The average Bonchev–Trinajstić information content (AvgIpc) is 2.77. The quantitative estimate of drug-likeness (QED) is 0.844. The molecule has 20 heavy (non-hydrogen) atoms. The van der Waals surface area contributed by atoms with Gasteiger partial charge in [0.2, 0.25) is 5.91 Å². The minimum absolute atomic E-state index is 0.208. The number of amides is 1. The van der Waals surface area contributed by atoms with Crippen molar-refractivity contribution in [2.75, 3.05) is 11.1 Å². The monoisotopic (exact) mass is 349 g/mol. The predicted octanol–water partition coefficient (Wildman–Crippen LogP) is 4.11. The molecule has 2 rings (SSSR count). The van der Waals surface area contributed by atoms with Crippen LogP contribution in [0.15, 0.2) is 29.7 Å². The number of hydrogen-bond donors (Lipinski definition) is 1. The Hall–Kier alpha value is -0.880. The number of nitrogens with one attached hydrogen (secondary N) is 1. The van der Waals surface area contributed by atoms with E-state index in [4.69, 9.17) is 34.8 Å². The van der Waals surface area contributed by atoms with E-state index in [2.05, 4.69) is 10.3 Å². The summed E-state index contributed by atoms with van der Waals surface area (Å²) in [6.07, 6.45) is 3.49. The van der Waals surface area contributed by atoms with Gasteiger partial charge in [-0.15, -0.1) is 0 Å². The van der Waals surface area contributed by atoms with Crippen molar-refractivity contribution in [3.8, 4) is 0 Å². The van der Waals surface area contributed by atoms with Crippen LogP contribution in [0.25, 0.3) is 0 Å². The lowest BCUT2D eigenvalue weighted by molar-refractivity contribution is -0.113. The van der Waals surface area contributed by atoms with Crippen molar-refractivity contribution in [2.45, 2.75) is 5.16 Å².